The molecule has 0 unspecified atom stereocenters. The van der Waals surface area contributed by atoms with Crippen molar-refractivity contribution in [3.63, 3.8) is 0 Å². The average molecular weight is 379 g/mol. The lowest BCUT2D eigenvalue weighted by Gasteiger charge is -2.13. The Morgan fingerprint density at radius 3 is 2.83 bits per heavy atom. The highest BCUT2D eigenvalue weighted by atomic mass is 79.9. The molecule has 0 saturated carbocycles. The predicted molar refractivity (Wildman–Crippen MR) is 91.7 cm³/mol. The van der Waals surface area contributed by atoms with Gasteiger partial charge in [0.25, 0.3) is 0 Å². The van der Waals surface area contributed by atoms with E-state index in [9.17, 15) is 14.3 Å². The standard InChI is InChI=1S/C17H16BrFN2O2/c1-9(22)15-11-4-3-5-14(23)16(11)21(2)17(15)20-13-7-6-10(18)8-12(13)19/h6-8,20,22H,1,3-5H2,2H3. The van der Waals surface area contributed by atoms with E-state index in [0.29, 0.717) is 34.4 Å². The molecule has 1 aliphatic rings. The molecule has 0 spiro atoms. The number of hydrogen-bond acceptors (Lipinski definition) is 3. The molecule has 0 fully saturated rings. The zero-order chi connectivity index (χ0) is 16.7. The Morgan fingerprint density at radius 1 is 1.43 bits per heavy atom. The minimum Gasteiger partial charge on any atom is -0.508 e. The molecule has 2 aromatic rings. The topological polar surface area (TPSA) is 54.3 Å². The molecule has 0 aliphatic heterocycles. The Balaban J connectivity index is 2.15. The first-order valence-electron chi connectivity index (χ1n) is 7.25. The third kappa shape index (κ3) is 2.67. The molecule has 6 heteroatoms. The van der Waals surface area contributed by atoms with Crippen LogP contribution in [0.25, 0.3) is 5.76 Å². The van der Waals surface area contributed by atoms with Crippen molar-refractivity contribution in [1.82, 2.24) is 4.57 Å². The third-order valence-electron chi connectivity index (χ3n) is 4.06. The number of fused-ring (bicyclic) bond motifs is 1. The van der Waals surface area contributed by atoms with Crippen LogP contribution in [0, 0.1) is 5.82 Å². The van der Waals surface area contributed by atoms with E-state index < -0.39 is 5.82 Å². The van der Waals surface area contributed by atoms with Crippen LogP contribution in [-0.4, -0.2) is 15.5 Å². The third-order valence-corrected chi connectivity index (χ3v) is 4.56. The SMILES string of the molecule is C=C(O)c1c2c(n(C)c1Nc1ccc(Br)cc1F)C(=O)CCC2. The number of hydrogen-bond donors (Lipinski definition) is 2. The minimum atomic E-state index is -0.431. The van der Waals surface area contributed by atoms with Crippen molar-refractivity contribution in [3.8, 4) is 0 Å². The van der Waals surface area contributed by atoms with Crippen LogP contribution in [0.4, 0.5) is 15.9 Å². The molecule has 1 aromatic heterocycles. The molecule has 1 aromatic carbocycles. The highest BCUT2D eigenvalue weighted by Gasteiger charge is 2.29. The van der Waals surface area contributed by atoms with Crippen LogP contribution < -0.4 is 5.32 Å². The predicted octanol–water partition coefficient (Wildman–Crippen LogP) is 4.72. The Hall–Kier alpha value is -2.08. The van der Waals surface area contributed by atoms with Gasteiger partial charge in [-0.3, -0.25) is 4.79 Å². The molecule has 1 heterocycles. The fraction of sp³-hybridized carbons (Fsp3) is 0.235. The molecule has 4 nitrogen and oxygen atoms in total. The van der Waals surface area contributed by atoms with Crippen molar-refractivity contribution in [2.45, 2.75) is 19.3 Å². The minimum absolute atomic E-state index is 0.0283. The van der Waals surface area contributed by atoms with E-state index in [2.05, 4.69) is 27.8 Å². The van der Waals surface area contributed by atoms with E-state index >= 15 is 0 Å². The average Bonchev–Trinajstić information content (AvgIpc) is 2.76. The van der Waals surface area contributed by atoms with Crippen molar-refractivity contribution in [1.29, 1.82) is 0 Å². The Labute approximate surface area is 141 Å². The van der Waals surface area contributed by atoms with Gasteiger partial charge in [0.05, 0.1) is 16.9 Å². The molecule has 3 rings (SSSR count). The molecular formula is C17H16BrFN2O2. The van der Waals surface area contributed by atoms with Crippen molar-refractivity contribution in [3.05, 3.63) is 51.9 Å². The number of nitrogens with zero attached hydrogens (tertiary/aromatic N) is 1. The van der Waals surface area contributed by atoms with Crippen LogP contribution in [0.5, 0.6) is 0 Å². The van der Waals surface area contributed by atoms with Crippen LogP contribution in [-0.2, 0) is 13.5 Å². The van der Waals surface area contributed by atoms with Crippen LogP contribution in [0.2, 0.25) is 0 Å². The smallest absolute Gasteiger partial charge is 0.179 e. The van der Waals surface area contributed by atoms with E-state index in [1.165, 1.54) is 6.07 Å². The highest BCUT2D eigenvalue weighted by molar-refractivity contribution is 9.10. The molecule has 0 amide bonds. The maximum absolute atomic E-state index is 14.1. The fourth-order valence-electron chi connectivity index (χ4n) is 3.06. The van der Waals surface area contributed by atoms with Crippen molar-refractivity contribution in [2.75, 3.05) is 5.32 Å². The quantitative estimate of drug-likeness (QED) is 0.759. The maximum atomic E-state index is 14.1. The summed E-state index contributed by atoms with van der Waals surface area (Å²) < 4.78 is 16.4. The van der Waals surface area contributed by atoms with Gasteiger partial charge >= 0.3 is 0 Å². The summed E-state index contributed by atoms with van der Waals surface area (Å²) in [5, 5.41) is 13.0. The van der Waals surface area contributed by atoms with Gasteiger partial charge in [-0.1, -0.05) is 22.5 Å². The van der Waals surface area contributed by atoms with Crippen molar-refractivity contribution in [2.24, 2.45) is 7.05 Å². The van der Waals surface area contributed by atoms with Crippen LogP contribution in [0.1, 0.15) is 34.5 Å². The van der Waals surface area contributed by atoms with Gasteiger partial charge < -0.3 is 15.0 Å². The van der Waals surface area contributed by atoms with Crippen LogP contribution in [0.3, 0.4) is 0 Å². The Kier molecular flexibility index (Phi) is 4.02. The van der Waals surface area contributed by atoms with Gasteiger partial charge in [-0.15, -0.1) is 0 Å². The second-order valence-corrected chi connectivity index (χ2v) is 6.50. The zero-order valence-corrected chi connectivity index (χ0v) is 14.2. The summed E-state index contributed by atoms with van der Waals surface area (Å²) in [5.41, 5.74) is 2.08. The Bertz CT molecular complexity index is 826. The number of halogens is 2. The number of aromatic nitrogens is 1. The number of rotatable bonds is 3. The van der Waals surface area contributed by atoms with Gasteiger partial charge in [0.15, 0.2) is 5.78 Å². The van der Waals surface area contributed by atoms with Gasteiger partial charge in [-0.05, 0) is 36.6 Å². The summed E-state index contributed by atoms with van der Waals surface area (Å²) >= 11 is 3.22. The number of ketones is 1. The lowest BCUT2D eigenvalue weighted by Crippen LogP contribution is -2.14. The maximum Gasteiger partial charge on any atom is 0.179 e. The number of nitrogens with one attached hydrogen (secondary N) is 1. The van der Waals surface area contributed by atoms with Gasteiger partial charge in [0.1, 0.15) is 17.4 Å². The first-order chi connectivity index (χ1) is 10.9. The molecule has 0 bridgehead atoms. The number of anilines is 2. The van der Waals surface area contributed by atoms with Gasteiger partial charge in [0, 0.05) is 17.9 Å². The first-order valence-corrected chi connectivity index (χ1v) is 8.04. The summed E-state index contributed by atoms with van der Waals surface area (Å²) in [7, 11) is 1.73. The van der Waals surface area contributed by atoms with Gasteiger partial charge in [-0.2, -0.15) is 0 Å². The molecule has 23 heavy (non-hydrogen) atoms. The van der Waals surface area contributed by atoms with Crippen molar-refractivity contribution < 1.29 is 14.3 Å². The molecule has 0 atom stereocenters. The zero-order valence-electron chi connectivity index (χ0n) is 12.6. The number of aliphatic hydroxyl groups excluding tert-OH is 1. The summed E-state index contributed by atoms with van der Waals surface area (Å²) in [6, 6.07) is 4.66. The molecule has 0 radical (unpaired) electrons. The lowest BCUT2D eigenvalue weighted by atomic mass is 9.93. The summed E-state index contributed by atoms with van der Waals surface area (Å²) in [6.45, 7) is 3.60. The van der Waals surface area contributed by atoms with Gasteiger partial charge in [-0.25, -0.2) is 4.39 Å². The summed E-state index contributed by atoms with van der Waals surface area (Å²) in [4.78, 5) is 12.2. The molecular weight excluding hydrogens is 363 g/mol. The first kappa shape index (κ1) is 15.8. The van der Waals surface area contributed by atoms with Gasteiger partial charge in [0.2, 0.25) is 0 Å². The van der Waals surface area contributed by atoms with E-state index in [1.54, 1.807) is 23.7 Å². The molecule has 2 N–H and O–H groups in total. The van der Waals surface area contributed by atoms with E-state index in [4.69, 9.17) is 0 Å². The second-order valence-electron chi connectivity index (χ2n) is 5.58. The van der Waals surface area contributed by atoms with Crippen molar-refractivity contribution >= 4 is 39.0 Å². The number of Topliss-reactive ketones (excluding diaryl/α,β-unsaturated/α-hetero) is 1. The van der Waals surface area contributed by atoms with E-state index in [1.807, 2.05) is 0 Å². The summed E-state index contributed by atoms with van der Waals surface area (Å²) in [5.74, 6) is -0.0597. The molecule has 120 valence electrons. The number of carbonyl (C=O) groups is 1. The number of benzene rings is 1. The highest BCUT2D eigenvalue weighted by Crippen LogP contribution is 2.37. The van der Waals surface area contributed by atoms with Crippen LogP contribution in [0.15, 0.2) is 29.3 Å². The lowest BCUT2D eigenvalue weighted by molar-refractivity contribution is 0.0964. The largest absolute Gasteiger partial charge is 0.508 e. The van der Waals surface area contributed by atoms with E-state index in [-0.39, 0.29) is 17.2 Å². The summed E-state index contributed by atoms with van der Waals surface area (Å²) in [6.07, 6.45) is 1.91. The molecule has 1 aliphatic carbocycles. The number of carbonyl (C=O) groups excluding carboxylic acids is 1. The second kappa shape index (κ2) is 5.85. The van der Waals surface area contributed by atoms with E-state index in [0.717, 1.165) is 12.0 Å². The number of aliphatic hydroxyl groups is 1. The molecule has 0 saturated heterocycles. The Morgan fingerprint density at radius 2 is 2.17 bits per heavy atom. The van der Waals surface area contributed by atoms with Crippen LogP contribution >= 0.6 is 15.9 Å². The fourth-order valence-corrected chi connectivity index (χ4v) is 3.39. The monoisotopic (exact) mass is 378 g/mol. The normalized spacial score (nSPS) is 13.8.